The highest BCUT2D eigenvalue weighted by Crippen LogP contribution is 2.16. The van der Waals surface area contributed by atoms with E-state index in [1.54, 1.807) is 0 Å². The van der Waals surface area contributed by atoms with Crippen LogP contribution >= 0.6 is 0 Å². The topological polar surface area (TPSA) is 70.2 Å². The first-order chi connectivity index (χ1) is 14.5. The molecule has 0 aliphatic rings. The van der Waals surface area contributed by atoms with Crippen molar-refractivity contribution in [1.82, 2.24) is 0 Å². The Balaban J connectivity index is 1.43. The van der Waals surface area contributed by atoms with E-state index in [-0.39, 0.29) is 18.4 Å². The number of aryl methyl sites for hydroxylation is 3. The summed E-state index contributed by atoms with van der Waals surface area (Å²) >= 11 is 0. The number of amides is 2. The van der Waals surface area contributed by atoms with Crippen LogP contribution in [0.4, 0.5) is 17.1 Å². The lowest BCUT2D eigenvalue weighted by molar-refractivity contribution is -0.116. The van der Waals surface area contributed by atoms with Crippen LogP contribution in [0.25, 0.3) is 0 Å². The van der Waals surface area contributed by atoms with Gasteiger partial charge >= 0.3 is 0 Å². The predicted molar refractivity (Wildman–Crippen MR) is 123 cm³/mol. The smallest absolute Gasteiger partial charge is 0.243 e. The van der Waals surface area contributed by atoms with Crippen molar-refractivity contribution < 1.29 is 9.59 Å². The molecule has 5 nitrogen and oxygen atoms in total. The van der Waals surface area contributed by atoms with E-state index in [1.807, 2.05) is 86.6 Å². The van der Waals surface area contributed by atoms with Crippen LogP contribution in [0.3, 0.4) is 0 Å². The Kier molecular flexibility index (Phi) is 7.22. The Morgan fingerprint density at radius 1 is 0.700 bits per heavy atom. The second-order valence-electron chi connectivity index (χ2n) is 7.31. The third-order valence-corrected chi connectivity index (χ3v) is 4.90. The van der Waals surface area contributed by atoms with Gasteiger partial charge in [-0.3, -0.25) is 9.59 Å². The summed E-state index contributed by atoms with van der Waals surface area (Å²) in [4.78, 5) is 24.3. The van der Waals surface area contributed by atoms with Gasteiger partial charge in [-0.15, -0.1) is 0 Å². The molecule has 0 unspecified atom stereocenters. The molecule has 3 N–H and O–H groups in total. The lowest BCUT2D eigenvalue weighted by Crippen LogP contribution is -2.21. The average molecular weight is 402 g/mol. The number of benzene rings is 3. The minimum atomic E-state index is -0.114. The van der Waals surface area contributed by atoms with Gasteiger partial charge in [0.15, 0.2) is 0 Å². The fraction of sp³-hybridized carbons (Fsp3) is 0.200. The highest BCUT2D eigenvalue weighted by Gasteiger charge is 2.05. The molecule has 30 heavy (non-hydrogen) atoms. The lowest BCUT2D eigenvalue weighted by atomic mass is 10.1. The van der Waals surface area contributed by atoms with Crippen LogP contribution < -0.4 is 16.0 Å². The minimum absolute atomic E-state index is 0.0210. The Morgan fingerprint density at radius 2 is 1.33 bits per heavy atom. The van der Waals surface area contributed by atoms with Gasteiger partial charge in [-0.1, -0.05) is 36.4 Å². The number of carbonyl (C=O) groups is 2. The molecule has 0 bridgehead atoms. The molecule has 3 aromatic rings. The molecule has 2 amide bonds. The third-order valence-electron chi connectivity index (χ3n) is 4.90. The largest absolute Gasteiger partial charge is 0.376 e. The van der Waals surface area contributed by atoms with Gasteiger partial charge in [0.25, 0.3) is 0 Å². The fourth-order valence-corrected chi connectivity index (χ4v) is 3.00. The standard InChI is InChI=1S/C25H27N3O2/c1-18-8-10-23(16-19(18)2)28-25(30)17-26-21-11-13-22(14-12-21)27-24(29)15-9-20-6-4-3-5-7-20/h3-8,10-14,16,26H,9,15,17H2,1-2H3,(H,27,29)(H,28,30). The van der Waals surface area contributed by atoms with Crippen molar-refractivity contribution in [3.05, 3.63) is 89.5 Å². The third kappa shape index (κ3) is 6.48. The molecule has 0 spiro atoms. The molecular weight excluding hydrogens is 374 g/mol. The Bertz CT molecular complexity index is 999. The first kappa shape index (κ1) is 21.1. The molecule has 3 rings (SSSR count). The Labute approximate surface area is 177 Å². The van der Waals surface area contributed by atoms with Crippen LogP contribution in [0.5, 0.6) is 0 Å². The SMILES string of the molecule is Cc1ccc(NC(=O)CNc2ccc(NC(=O)CCc3ccccc3)cc2)cc1C. The van der Waals surface area contributed by atoms with Crippen molar-refractivity contribution in [2.24, 2.45) is 0 Å². The molecule has 0 saturated heterocycles. The molecule has 5 heteroatoms. The summed E-state index contributed by atoms with van der Waals surface area (Å²) in [6.07, 6.45) is 1.14. The average Bonchev–Trinajstić information content (AvgIpc) is 2.75. The maximum Gasteiger partial charge on any atom is 0.243 e. The fourth-order valence-electron chi connectivity index (χ4n) is 3.00. The van der Waals surface area contributed by atoms with Crippen LogP contribution in [-0.4, -0.2) is 18.4 Å². The van der Waals surface area contributed by atoms with Gasteiger partial charge in [-0.2, -0.15) is 0 Å². The summed E-state index contributed by atoms with van der Waals surface area (Å²) in [6, 6.07) is 23.1. The van der Waals surface area contributed by atoms with Gasteiger partial charge < -0.3 is 16.0 Å². The summed E-state index contributed by atoms with van der Waals surface area (Å²) in [5, 5.41) is 8.88. The minimum Gasteiger partial charge on any atom is -0.376 e. The van der Waals surface area contributed by atoms with Crippen molar-refractivity contribution in [3.8, 4) is 0 Å². The molecule has 0 aliphatic heterocycles. The van der Waals surface area contributed by atoms with Crippen molar-refractivity contribution >= 4 is 28.9 Å². The quantitative estimate of drug-likeness (QED) is 0.501. The Hall–Kier alpha value is -3.60. The van der Waals surface area contributed by atoms with E-state index in [4.69, 9.17) is 0 Å². The second kappa shape index (κ2) is 10.3. The molecule has 0 aromatic heterocycles. The van der Waals surface area contributed by atoms with Crippen LogP contribution in [0.1, 0.15) is 23.1 Å². The van der Waals surface area contributed by atoms with Crippen molar-refractivity contribution in [1.29, 1.82) is 0 Å². The molecule has 154 valence electrons. The molecule has 0 saturated carbocycles. The number of nitrogens with one attached hydrogen (secondary N) is 3. The summed E-state index contributed by atoms with van der Waals surface area (Å²) in [5.74, 6) is -0.135. The van der Waals surface area contributed by atoms with Crippen LogP contribution in [0.2, 0.25) is 0 Å². The van der Waals surface area contributed by atoms with Crippen LogP contribution in [0.15, 0.2) is 72.8 Å². The highest BCUT2D eigenvalue weighted by molar-refractivity contribution is 5.94. The normalized spacial score (nSPS) is 10.3. The van der Waals surface area contributed by atoms with Crippen molar-refractivity contribution in [2.75, 3.05) is 22.5 Å². The zero-order chi connectivity index (χ0) is 21.3. The van der Waals surface area contributed by atoms with Gasteiger partial charge in [0.05, 0.1) is 6.54 Å². The van der Waals surface area contributed by atoms with E-state index in [0.29, 0.717) is 12.8 Å². The first-order valence-corrected chi connectivity index (χ1v) is 10.0. The van der Waals surface area contributed by atoms with Gasteiger partial charge in [0, 0.05) is 23.5 Å². The number of carbonyl (C=O) groups excluding carboxylic acids is 2. The van der Waals surface area contributed by atoms with Crippen LogP contribution in [0, 0.1) is 13.8 Å². The number of rotatable bonds is 8. The molecule has 0 atom stereocenters. The van der Waals surface area contributed by atoms with E-state index in [9.17, 15) is 9.59 Å². The van der Waals surface area contributed by atoms with E-state index >= 15 is 0 Å². The molecule has 0 radical (unpaired) electrons. The van der Waals surface area contributed by atoms with Gasteiger partial charge in [0.2, 0.25) is 11.8 Å². The zero-order valence-corrected chi connectivity index (χ0v) is 17.4. The van der Waals surface area contributed by atoms with Gasteiger partial charge in [0.1, 0.15) is 0 Å². The van der Waals surface area contributed by atoms with Gasteiger partial charge in [-0.25, -0.2) is 0 Å². The summed E-state index contributed by atoms with van der Waals surface area (Å²) < 4.78 is 0. The lowest BCUT2D eigenvalue weighted by Gasteiger charge is -2.10. The molecular formula is C25H27N3O2. The van der Waals surface area contributed by atoms with E-state index < -0.39 is 0 Å². The number of hydrogen-bond donors (Lipinski definition) is 3. The van der Waals surface area contributed by atoms with Crippen molar-refractivity contribution in [3.63, 3.8) is 0 Å². The second-order valence-corrected chi connectivity index (χ2v) is 7.31. The van der Waals surface area contributed by atoms with Gasteiger partial charge in [-0.05, 0) is 73.4 Å². The van der Waals surface area contributed by atoms with E-state index in [0.717, 1.165) is 28.2 Å². The number of anilines is 3. The number of hydrogen-bond acceptors (Lipinski definition) is 3. The predicted octanol–water partition coefficient (Wildman–Crippen LogP) is 4.93. The zero-order valence-electron chi connectivity index (χ0n) is 17.4. The summed E-state index contributed by atoms with van der Waals surface area (Å²) in [7, 11) is 0. The van der Waals surface area contributed by atoms with E-state index in [2.05, 4.69) is 16.0 Å². The summed E-state index contributed by atoms with van der Waals surface area (Å²) in [5.41, 5.74) is 5.82. The van der Waals surface area contributed by atoms with E-state index in [1.165, 1.54) is 5.56 Å². The molecule has 0 aliphatic carbocycles. The first-order valence-electron chi connectivity index (χ1n) is 10.0. The van der Waals surface area contributed by atoms with Crippen LogP contribution in [-0.2, 0) is 16.0 Å². The maximum atomic E-state index is 12.2. The maximum absolute atomic E-state index is 12.2. The van der Waals surface area contributed by atoms with Crippen molar-refractivity contribution in [2.45, 2.75) is 26.7 Å². The molecule has 0 fully saturated rings. The molecule has 3 aromatic carbocycles. The highest BCUT2D eigenvalue weighted by atomic mass is 16.2. The molecule has 0 heterocycles. The monoisotopic (exact) mass is 401 g/mol. The Morgan fingerprint density at radius 3 is 2.03 bits per heavy atom. The summed E-state index contributed by atoms with van der Waals surface area (Å²) in [6.45, 7) is 4.22.